The molecule has 0 unspecified atom stereocenters. The summed E-state index contributed by atoms with van der Waals surface area (Å²) in [6.07, 6.45) is 3.51. The SMILES string of the molecule is Cc1cncc(N)c1-c1cccc(Br)c1. The van der Waals surface area contributed by atoms with E-state index in [0.29, 0.717) is 5.69 Å². The summed E-state index contributed by atoms with van der Waals surface area (Å²) in [4.78, 5) is 4.06. The molecular weight excluding hydrogens is 252 g/mol. The van der Waals surface area contributed by atoms with Gasteiger partial charge in [0.25, 0.3) is 0 Å². The van der Waals surface area contributed by atoms with Gasteiger partial charge in [-0.1, -0.05) is 28.1 Å². The molecule has 1 aromatic heterocycles. The van der Waals surface area contributed by atoms with Gasteiger partial charge >= 0.3 is 0 Å². The molecule has 0 radical (unpaired) electrons. The molecule has 2 aromatic rings. The van der Waals surface area contributed by atoms with Crippen molar-refractivity contribution in [3.8, 4) is 11.1 Å². The first-order valence-electron chi connectivity index (χ1n) is 4.64. The highest BCUT2D eigenvalue weighted by Gasteiger charge is 2.06. The summed E-state index contributed by atoms with van der Waals surface area (Å²) in [6.45, 7) is 2.01. The summed E-state index contributed by atoms with van der Waals surface area (Å²) in [5, 5.41) is 0. The number of nitrogens with zero attached hydrogens (tertiary/aromatic N) is 1. The number of anilines is 1. The van der Waals surface area contributed by atoms with Crippen LogP contribution in [0, 0.1) is 6.92 Å². The van der Waals surface area contributed by atoms with Crippen molar-refractivity contribution in [2.45, 2.75) is 6.92 Å². The number of pyridine rings is 1. The molecule has 0 spiro atoms. The lowest BCUT2D eigenvalue weighted by molar-refractivity contribution is 1.27. The van der Waals surface area contributed by atoms with Gasteiger partial charge < -0.3 is 5.73 Å². The van der Waals surface area contributed by atoms with Gasteiger partial charge in [-0.25, -0.2) is 0 Å². The quantitative estimate of drug-likeness (QED) is 0.856. The number of nitrogens with two attached hydrogens (primary N) is 1. The van der Waals surface area contributed by atoms with E-state index in [1.165, 1.54) is 0 Å². The molecule has 2 N–H and O–H groups in total. The van der Waals surface area contributed by atoms with E-state index >= 15 is 0 Å². The van der Waals surface area contributed by atoms with E-state index in [0.717, 1.165) is 21.2 Å². The van der Waals surface area contributed by atoms with Crippen LogP contribution in [0.25, 0.3) is 11.1 Å². The lowest BCUT2D eigenvalue weighted by atomic mass is 10.0. The van der Waals surface area contributed by atoms with Crippen molar-refractivity contribution in [1.82, 2.24) is 4.98 Å². The standard InChI is InChI=1S/C12H11BrN2/c1-8-6-15-7-11(14)12(8)9-3-2-4-10(13)5-9/h2-7H,14H2,1H3. The fourth-order valence-electron chi connectivity index (χ4n) is 1.62. The molecule has 0 aliphatic rings. The molecule has 0 bridgehead atoms. The van der Waals surface area contributed by atoms with Gasteiger partial charge in [0.2, 0.25) is 0 Å². The Morgan fingerprint density at radius 3 is 2.73 bits per heavy atom. The molecule has 0 fully saturated rings. The molecule has 76 valence electrons. The van der Waals surface area contributed by atoms with Gasteiger partial charge in [0, 0.05) is 16.2 Å². The van der Waals surface area contributed by atoms with Crippen LogP contribution in [-0.2, 0) is 0 Å². The second kappa shape index (κ2) is 4.03. The third-order valence-corrected chi connectivity index (χ3v) is 2.77. The highest BCUT2D eigenvalue weighted by molar-refractivity contribution is 9.10. The molecule has 15 heavy (non-hydrogen) atoms. The van der Waals surface area contributed by atoms with Gasteiger partial charge in [0.1, 0.15) is 0 Å². The smallest absolute Gasteiger partial charge is 0.0582 e. The Labute approximate surface area is 97.3 Å². The molecule has 0 aliphatic heterocycles. The van der Waals surface area contributed by atoms with Crippen molar-refractivity contribution in [1.29, 1.82) is 0 Å². The first kappa shape index (κ1) is 10.2. The molecule has 3 heteroatoms. The number of nitrogen functional groups attached to an aromatic ring is 1. The molecule has 1 heterocycles. The summed E-state index contributed by atoms with van der Waals surface area (Å²) in [5.74, 6) is 0. The average molecular weight is 263 g/mol. The van der Waals surface area contributed by atoms with Crippen LogP contribution in [0.2, 0.25) is 0 Å². The summed E-state index contributed by atoms with van der Waals surface area (Å²) in [5.41, 5.74) is 9.91. The van der Waals surface area contributed by atoms with Crippen LogP contribution in [0.5, 0.6) is 0 Å². The Morgan fingerprint density at radius 2 is 2.07 bits per heavy atom. The lowest BCUT2D eigenvalue weighted by Crippen LogP contribution is -1.94. The van der Waals surface area contributed by atoms with Crippen molar-refractivity contribution in [2.75, 3.05) is 5.73 Å². The van der Waals surface area contributed by atoms with Crippen LogP contribution in [0.1, 0.15) is 5.56 Å². The van der Waals surface area contributed by atoms with Gasteiger partial charge in [-0.3, -0.25) is 4.98 Å². The fourth-order valence-corrected chi connectivity index (χ4v) is 2.02. The van der Waals surface area contributed by atoms with E-state index in [1.54, 1.807) is 6.20 Å². The Kier molecular flexibility index (Phi) is 2.73. The van der Waals surface area contributed by atoms with E-state index < -0.39 is 0 Å². The van der Waals surface area contributed by atoms with Crippen molar-refractivity contribution in [2.24, 2.45) is 0 Å². The Balaban J connectivity index is 2.63. The van der Waals surface area contributed by atoms with E-state index in [-0.39, 0.29) is 0 Å². The van der Waals surface area contributed by atoms with Gasteiger partial charge in [-0.05, 0) is 30.2 Å². The minimum Gasteiger partial charge on any atom is -0.397 e. The average Bonchev–Trinajstić information content (AvgIpc) is 2.17. The molecule has 0 aliphatic carbocycles. The number of aromatic nitrogens is 1. The third kappa shape index (κ3) is 2.02. The minimum absolute atomic E-state index is 0.716. The maximum absolute atomic E-state index is 5.93. The molecule has 0 atom stereocenters. The van der Waals surface area contributed by atoms with Gasteiger partial charge in [0.15, 0.2) is 0 Å². The number of aryl methyl sites for hydroxylation is 1. The minimum atomic E-state index is 0.716. The normalized spacial score (nSPS) is 10.3. The van der Waals surface area contributed by atoms with Crippen molar-refractivity contribution in [3.63, 3.8) is 0 Å². The van der Waals surface area contributed by atoms with E-state index in [4.69, 9.17) is 5.73 Å². The molecule has 0 saturated carbocycles. The molecule has 0 amide bonds. The fraction of sp³-hybridized carbons (Fsp3) is 0.0833. The summed E-state index contributed by atoms with van der Waals surface area (Å²) in [6, 6.07) is 8.09. The number of benzene rings is 1. The molecular formula is C12H11BrN2. The highest BCUT2D eigenvalue weighted by Crippen LogP contribution is 2.29. The van der Waals surface area contributed by atoms with Crippen LogP contribution in [0.3, 0.4) is 0 Å². The predicted octanol–water partition coefficient (Wildman–Crippen LogP) is 3.40. The summed E-state index contributed by atoms with van der Waals surface area (Å²) >= 11 is 3.45. The number of halogens is 1. The second-order valence-electron chi connectivity index (χ2n) is 3.43. The predicted molar refractivity (Wildman–Crippen MR) is 66.5 cm³/mol. The van der Waals surface area contributed by atoms with Crippen molar-refractivity contribution < 1.29 is 0 Å². The van der Waals surface area contributed by atoms with E-state index in [9.17, 15) is 0 Å². The number of hydrogen-bond donors (Lipinski definition) is 1. The zero-order valence-corrected chi connectivity index (χ0v) is 9.95. The Morgan fingerprint density at radius 1 is 1.27 bits per heavy atom. The number of rotatable bonds is 1. The number of hydrogen-bond acceptors (Lipinski definition) is 2. The maximum Gasteiger partial charge on any atom is 0.0582 e. The summed E-state index contributed by atoms with van der Waals surface area (Å²) < 4.78 is 1.05. The maximum atomic E-state index is 5.93. The van der Waals surface area contributed by atoms with Gasteiger partial charge in [-0.15, -0.1) is 0 Å². The molecule has 2 nitrogen and oxygen atoms in total. The third-order valence-electron chi connectivity index (χ3n) is 2.28. The Bertz CT molecular complexity index is 474. The van der Waals surface area contributed by atoms with E-state index in [1.807, 2.05) is 31.3 Å². The van der Waals surface area contributed by atoms with Crippen LogP contribution < -0.4 is 5.73 Å². The van der Waals surface area contributed by atoms with Crippen LogP contribution in [0.4, 0.5) is 5.69 Å². The topological polar surface area (TPSA) is 38.9 Å². The van der Waals surface area contributed by atoms with Crippen LogP contribution >= 0.6 is 15.9 Å². The lowest BCUT2D eigenvalue weighted by Gasteiger charge is -2.08. The highest BCUT2D eigenvalue weighted by atomic mass is 79.9. The van der Waals surface area contributed by atoms with Crippen molar-refractivity contribution in [3.05, 3.63) is 46.7 Å². The largest absolute Gasteiger partial charge is 0.397 e. The zero-order valence-electron chi connectivity index (χ0n) is 8.37. The van der Waals surface area contributed by atoms with Crippen LogP contribution in [-0.4, -0.2) is 4.98 Å². The first-order valence-corrected chi connectivity index (χ1v) is 5.44. The molecule has 0 saturated heterocycles. The monoisotopic (exact) mass is 262 g/mol. The summed E-state index contributed by atoms with van der Waals surface area (Å²) in [7, 11) is 0. The van der Waals surface area contributed by atoms with Crippen LogP contribution in [0.15, 0.2) is 41.1 Å². The van der Waals surface area contributed by atoms with Gasteiger partial charge in [0.05, 0.1) is 11.9 Å². The second-order valence-corrected chi connectivity index (χ2v) is 4.35. The Hall–Kier alpha value is -1.35. The molecule has 1 aromatic carbocycles. The first-order chi connectivity index (χ1) is 7.18. The zero-order chi connectivity index (χ0) is 10.8. The molecule has 2 rings (SSSR count). The van der Waals surface area contributed by atoms with Crippen molar-refractivity contribution >= 4 is 21.6 Å². The van der Waals surface area contributed by atoms with E-state index in [2.05, 4.69) is 27.0 Å². The van der Waals surface area contributed by atoms with Gasteiger partial charge in [-0.2, -0.15) is 0 Å².